The number of benzene rings is 1. The van der Waals surface area contributed by atoms with Crippen molar-refractivity contribution in [2.45, 2.75) is 75.7 Å². The highest BCUT2D eigenvalue weighted by Crippen LogP contribution is 2.66. The van der Waals surface area contributed by atoms with Crippen LogP contribution < -0.4 is 5.73 Å². The zero-order valence-electron chi connectivity index (χ0n) is 17.3. The summed E-state index contributed by atoms with van der Waals surface area (Å²) in [6, 6.07) is 8.05. The number of nitrogens with two attached hydrogens (primary N) is 1. The van der Waals surface area contributed by atoms with Crippen LogP contribution in [-0.4, -0.2) is 41.1 Å². The summed E-state index contributed by atoms with van der Waals surface area (Å²) in [4.78, 5) is 14.2. The van der Waals surface area contributed by atoms with Crippen molar-refractivity contribution in [3.8, 4) is 0 Å². The average molecular weight is 385 g/mol. The van der Waals surface area contributed by atoms with Crippen LogP contribution in [0, 0.1) is 11.8 Å². The Kier molecular flexibility index (Phi) is 5.54. The van der Waals surface area contributed by atoms with E-state index in [1.807, 2.05) is 18.2 Å². The van der Waals surface area contributed by atoms with Crippen molar-refractivity contribution in [3.05, 3.63) is 35.4 Å². The van der Waals surface area contributed by atoms with Crippen LogP contribution in [0.2, 0.25) is 0 Å². The molecule has 3 N–H and O–H groups in total. The van der Waals surface area contributed by atoms with Crippen molar-refractivity contribution in [3.63, 3.8) is 0 Å². The summed E-state index contributed by atoms with van der Waals surface area (Å²) >= 11 is 0. The number of aliphatic hydroxyl groups is 1. The monoisotopic (exact) mass is 384 g/mol. The predicted molar refractivity (Wildman–Crippen MR) is 112 cm³/mol. The van der Waals surface area contributed by atoms with Gasteiger partial charge in [-0.3, -0.25) is 4.79 Å². The molecule has 1 aromatic rings. The van der Waals surface area contributed by atoms with E-state index in [1.54, 1.807) is 0 Å². The number of carbonyl (C=O) groups excluding carboxylic acids is 1. The number of carbonyl (C=O) groups is 1. The van der Waals surface area contributed by atoms with Crippen LogP contribution in [0.25, 0.3) is 0 Å². The molecule has 4 heteroatoms. The van der Waals surface area contributed by atoms with E-state index >= 15 is 0 Å². The minimum atomic E-state index is -0.387. The van der Waals surface area contributed by atoms with Gasteiger partial charge in [0.2, 0.25) is 5.91 Å². The van der Waals surface area contributed by atoms with Gasteiger partial charge in [0.1, 0.15) is 0 Å². The van der Waals surface area contributed by atoms with Crippen molar-refractivity contribution in [1.82, 2.24) is 4.90 Å². The van der Waals surface area contributed by atoms with Crippen molar-refractivity contribution in [1.29, 1.82) is 0 Å². The Balaban J connectivity index is 1.35. The molecule has 2 atom stereocenters. The zero-order valence-corrected chi connectivity index (χ0v) is 17.3. The number of nitrogens with zero attached hydrogens (tertiary/aromatic N) is 1. The molecule has 1 heterocycles. The van der Waals surface area contributed by atoms with E-state index in [2.05, 4.69) is 17.9 Å². The highest BCUT2D eigenvalue weighted by Gasteiger charge is 2.67. The molecule has 0 radical (unpaired) electrons. The normalized spacial score (nSPS) is 31.5. The van der Waals surface area contributed by atoms with E-state index in [9.17, 15) is 9.90 Å². The number of likely N-dealkylation sites (tertiary alicyclic amines) is 1. The lowest BCUT2D eigenvalue weighted by Crippen LogP contribution is -2.34. The molecule has 3 aliphatic rings. The lowest BCUT2D eigenvalue weighted by atomic mass is 9.81. The van der Waals surface area contributed by atoms with Gasteiger partial charge in [0.25, 0.3) is 0 Å². The molecular formula is C24H36N2O2. The van der Waals surface area contributed by atoms with Crippen LogP contribution in [0.15, 0.2) is 24.3 Å². The van der Waals surface area contributed by atoms with Crippen LogP contribution in [-0.2, 0) is 5.41 Å². The first-order chi connectivity index (χ1) is 13.5. The SMILES string of the molecule is CCCC1(c2cccc(C(N)=O)c2)C2CN(CCCC3(O)CCCCC3)CC21. The smallest absolute Gasteiger partial charge is 0.248 e. The number of hydrogen-bond donors (Lipinski definition) is 2. The number of amides is 1. The molecule has 0 aromatic heterocycles. The third-order valence-electron chi connectivity index (χ3n) is 7.86. The molecule has 1 aliphatic heterocycles. The fourth-order valence-corrected chi connectivity index (χ4v) is 6.41. The fraction of sp³-hybridized carbons (Fsp3) is 0.708. The Morgan fingerprint density at radius 1 is 1.18 bits per heavy atom. The van der Waals surface area contributed by atoms with E-state index in [0.29, 0.717) is 17.4 Å². The summed E-state index contributed by atoms with van der Waals surface area (Å²) in [5.74, 6) is 1.07. The number of fused-ring (bicyclic) bond motifs is 1. The van der Waals surface area contributed by atoms with Crippen LogP contribution in [0.5, 0.6) is 0 Å². The molecule has 1 amide bonds. The van der Waals surface area contributed by atoms with Crippen LogP contribution in [0.1, 0.15) is 80.6 Å². The lowest BCUT2D eigenvalue weighted by Gasteiger charge is -2.33. The molecule has 4 nitrogen and oxygen atoms in total. The molecular weight excluding hydrogens is 348 g/mol. The zero-order chi connectivity index (χ0) is 19.8. The maximum atomic E-state index is 11.6. The molecule has 1 saturated heterocycles. The Hall–Kier alpha value is -1.39. The third kappa shape index (κ3) is 3.61. The molecule has 4 rings (SSSR count). The van der Waals surface area contributed by atoms with Gasteiger partial charge in [-0.15, -0.1) is 0 Å². The van der Waals surface area contributed by atoms with Gasteiger partial charge in [-0.25, -0.2) is 0 Å². The summed E-state index contributed by atoms with van der Waals surface area (Å²) in [5, 5.41) is 10.7. The Morgan fingerprint density at radius 3 is 2.54 bits per heavy atom. The third-order valence-corrected chi connectivity index (χ3v) is 7.86. The van der Waals surface area contributed by atoms with Gasteiger partial charge in [0, 0.05) is 24.1 Å². The standard InChI is InChI=1S/C24H36N2O2/c1-2-10-24(19-9-6-8-18(15-19)22(25)27)20-16-26(17-21(20)24)14-7-13-23(28)11-4-3-5-12-23/h6,8-9,15,20-21,28H,2-5,7,10-14,16-17H2,1H3,(H2,25,27). The molecule has 154 valence electrons. The molecule has 2 aliphatic carbocycles. The van der Waals surface area contributed by atoms with Crippen molar-refractivity contribution < 1.29 is 9.90 Å². The highest BCUT2D eigenvalue weighted by molar-refractivity contribution is 5.93. The number of hydrogen-bond acceptors (Lipinski definition) is 3. The molecule has 2 saturated carbocycles. The minimum absolute atomic E-state index is 0.248. The summed E-state index contributed by atoms with van der Waals surface area (Å²) < 4.78 is 0. The first kappa shape index (κ1) is 19.9. The second kappa shape index (κ2) is 7.79. The summed E-state index contributed by atoms with van der Waals surface area (Å²) in [6.45, 7) is 5.68. The van der Waals surface area contributed by atoms with E-state index in [0.717, 1.165) is 45.3 Å². The quantitative estimate of drug-likeness (QED) is 0.715. The number of rotatable bonds is 8. The van der Waals surface area contributed by atoms with Gasteiger partial charge in [-0.1, -0.05) is 44.7 Å². The predicted octanol–water partition coefficient (Wildman–Crippen LogP) is 3.86. The van der Waals surface area contributed by atoms with E-state index in [4.69, 9.17) is 5.73 Å². The molecule has 28 heavy (non-hydrogen) atoms. The van der Waals surface area contributed by atoms with Crippen LogP contribution in [0.4, 0.5) is 0 Å². The van der Waals surface area contributed by atoms with Gasteiger partial charge in [0.05, 0.1) is 5.60 Å². The van der Waals surface area contributed by atoms with Crippen LogP contribution in [0.3, 0.4) is 0 Å². The maximum Gasteiger partial charge on any atom is 0.248 e. The van der Waals surface area contributed by atoms with E-state index < -0.39 is 0 Å². The number of primary amides is 1. The Labute approximate surface area is 169 Å². The first-order valence-corrected chi connectivity index (χ1v) is 11.3. The maximum absolute atomic E-state index is 11.6. The molecule has 2 unspecified atom stereocenters. The van der Waals surface area contributed by atoms with Gasteiger partial charge in [0.15, 0.2) is 0 Å². The second-order valence-corrected chi connectivity index (χ2v) is 9.60. The Morgan fingerprint density at radius 2 is 1.89 bits per heavy atom. The lowest BCUT2D eigenvalue weighted by molar-refractivity contribution is -0.00722. The largest absolute Gasteiger partial charge is 0.390 e. The van der Waals surface area contributed by atoms with Crippen LogP contribution >= 0.6 is 0 Å². The summed E-state index contributed by atoms with van der Waals surface area (Å²) in [6.07, 6.45) is 10.1. The van der Waals surface area contributed by atoms with Crippen molar-refractivity contribution in [2.75, 3.05) is 19.6 Å². The van der Waals surface area contributed by atoms with Gasteiger partial charge >= 0.3 is 0 Å². The average Bonchev–Trinajstić information content (AvgIpc) is 3.05. The van der Waals surface area contributed by atoms with E-state index in [1.165, 1.54) is 37.7 Å². The molecule has 1 aromatic carbocycles. The van der Waals surface area contributed by atoms with Gasteiger partial charge in [-0.2, -0.15) is 0 Å². The van der Waals surface area contributed by atoms with E-state index in [-0.39, 0.29) is 16.9 Å². The molecule has 3 fully saturated rings. The second-order valence-electron chi connectivity index (χ2n) is 9.60. The minimum Gasteiger partial charge on any atom is -0.390 e. The molecule has 0 spiro atoms. The number of piperidine rings is 1. The highest BCUT2D eigenvalue weighted by atomic mass is 16.3. The summed E-state index contributed by atoms with van der Waals surface area (Å²) in [5.41, 5.74) is 7.33. The first-order valence-electron chi connectivity index (χ1n) is 11.3. The van der Waals surface area contributed by atoms with Gasteiger partial charge in [-0.05, 0) is 68.2 Å². The Bertz CT molecular complexity index is 698. The van der Waals surface area contributed by atoms with Crippen molar-refractivity contribution >= 4 is 5.91 Å². The van der Waals surface area contributed by atoms with Gasteiger partial charge < -0.3 is 15.7 Å². The molecule has 0 bridgehead atoms. The topological polar surface area (TPSA) is 66.6 Å². The fourth-order valence-electron chi connectivity index (χ4n) is 6.41. The van der Waals surface area contributed by atoms with Crippen molar-refractivity contribution in [2.24, 2.45) is 17.6 Å². The summed E-state index contributed by atoms with van der Waals surface area (Å²) in [7, 11) is 0.